The molecule has 3 aromatic carbocycles. The molecule has 0 bridgehead atoms. The van der Waals surface area contributed by atoms with Gasteiger partial charge in [-0.25, -0.2) is 9.69 Å². The molecular formula is C25H18Cl2N2O5. The molecule has 1 heterocycles. The summed E-state index contributed by atoms with van der Waals surface area (Å²) in [6.07, 6.45) is 1.38. The van der Waals surface area contributed by atoms with Crippen LogP contribution < -0.4 is 19.7 Å². The Hall–Kier alpha value is -3.81. The first-order chi connectivity index (χ1) is 16.4. The van der Waals surface area contributed by atoms with E-state index in [-0.39, 0.29) is 12.2 Å². The molecule has 0 saturated carbocycles. The number of rotatable bonds is 6. The highest BCUT2D eigenvalue weighted by Crippen LogP contribution is 2.30. The molecule has 1 fully saturated rings. The van der Waals surface area contributed by atoms with E-state index in [2.05, 4.69) is 5.32 Å². The summed E-state index contributed by atoms with van der Waals surface area (Å²) in [5, 5.41) is 3.03. The van der Waals surface area contributed by atoms with Crippen molar-refractivity contribution in [3.63, 3.8) is 0 Å². The molecule has 9 heteroatoms. The van der Waals surface area contributed by atoms with Crippen molar-refractivity contribution in [2.45, 2.75) is 6.61 Å². The summed E-state index contributed by atoms with van der Waals surface area (Å²) < 4.78 is 11.2. The van der Waals surface area contributed by atoms with Gasteiger partial charge in [0.05, 0.1) is 22.8 Å². The van der Waals surface area contributed by atoms with Crippen LogP contribution in [0.3, 0.4) is 0 Å². The molecule has 7 nitrogen and oxygen atoms in total. The number of carbonyl (C=O) groups excluding carboxylic acids is 3. The fraction of sp³-hybridized carbons (Fsp3) is 0.0800. The van der Waals surface area contributed by atoms with Crippen LogP contribution in [0.1, 0.15) is 11.1 Å². The molecule has 4 rings (SSSR count). The smallest absolute Gasteiger partial charge is 0.335 e. The van der Waals surface area contributed by atoms with Gasteiger partial charge in [0.25, 0.3) is 11.8 Å². The van der Waals surface area contributed by atoms with Crippen LogP contribution in [-0.4, -0.2) is 25.0 Å². The first kappa shape index (κ1) is 23.4. The van der Waals surface area contributed by atoms with Crippen LogP contribution in [0, 0.1) is 0 Å². The van der Waals surface area contributed by atoms with E-state index in [1.165, 1.54) is 13.2 Å². The van der Waals surface area contributed by atoms with E-state index in [1.807, 2.05) is 0 Å². The number of para-hydroxylation sites is 1. The average Bonchev–Trinajstić information content (AvgIpc) is 2.83. The lowest BCUT2D eigenvalue weighted by Gasteiger charge is -2.26. The molecule has 0 aromatic heterocycles. The van der Waals surface area contributed by atoms with Crippen LogP contribution in [0.4, 0.5) is 10.5 Å². The van der Waals surface area contributed by atoms with E-state index in [4.69, 9.17) is 32.7 Å². The summed E-state index contributed by atoms with van der Waals surface area (Å²) in [6, 6.07) is 17.6. The van der Waals surface area contributed by atoms with E-state index in [0.717, 1.165) is 10.5 Å². The number of methoxy groups -OCH3 is 1. The zero-order chi connectivity index (χ0) is 24.2. The van der Waals surface area contributed by atoms with Crippen LogP contribution in [0.2, 0.25) is 10.0 Å². The van der Waals surface area contributed by atoms with Gasteiger partial charge in [-0.15, -0.1) is 0 Å². The van der Waals surface area contributed by atoms with Crippen molar-refractivity contribution < 1.29 is 23.9 Å². The van der Waals surface area contributed by atoms with Crippen LogP contribution in [0.25, 0.3) is 6.08 Å². The fourth-order valence-electron chi connectivity index (χ4n) is 3.30. The predicted molar refractivity (Wildman–Crippen MR) is 129 cm³/mol. The van der Waals surface area contributed by atoms with Crippen LogP contribution >= 0.6 is 23.2 Å². The van der Waals surface area contributed by atoms with E-state index in [0.29, 0.717) is 32.8 Å². The monoisotopic (exact) mass is 496 g/mol. The summed E-state index contributed by atoms with van der Waals surface area (Å²) in [5.74, 6) is -0.659. The number of benzene rings is 3. The van der Waals surface area contributed by atoms with Gasteiger partial charge in [-0.1, -0.05) is 47.5 Å². The highest BCUT2D eigenvalue weighted by molar-refractivity contribution is 6.42. The minimum atomic E-state index is -0.816. The molecule has 0 aliphatic carbocycles. The number of imide groups is 2. The minimum absolute atomic E-state index is 0.148. The molecule has 0 radical (unpaired) electrons. The van der Waals surface area contributed by atoms with E-state index < -0.39 is 17.8 Å². The van der Waals surface area contributed by atoms with Gasteiger partial charge in [0.1, 0.15) is 23.7 Å². The lowest BCUT2D eigenvalue weighted by molar-refractivity contribution is -0.122. The van der Waals surface area contributed by atoms with Crippen LogP contribution in [0.5, 0.6) is 11.5 Å². The van der Waals surface area contributed by atoms with E-state index in [9.17, 15) is 14.4 Å². The molecule has 1 saturated heterocycles. The van der Waals surface area contributed by atoms with Crippen molar-refractivity contribution in [2.75, 3.05) is 12.0 Å². The first-order valence-corrected chi connectivity index (χ1v) is 10.8. The Morgan fingerprint density at radius 3 is 2.41 bits per heavy atom. The molecule has 1 N–H and O–H groups in total. The molecule has 3 aromatic rings. The molecule has 172 valence electrons. The number of urea groups is 1. The van der Waals surface area contributed by atoms with Gasteiger partial charge in [0.2, 0.25) is 0 Å². The Morgan fingerprint density at radius 1 is 0.941 bits per heavy atom. The number of barbiturate groups is 1. The Morgan fingerprint density at radius 2 is 1.71 bits per heavy atom. The number of halogens is 2. The van der Waals surface area contributed by atoms with Crippen molar-refractivity contribution in [1.82, 2.24) is 5.32 Å². The second kappa shape index (κ2) is 9.99. The topological polar surface area (TPSA) is 84.9 Å². The number of nitrogens with zero attached hydrogens (tertiary/aromatic N) is 1. The second-order valence-electron chi connectivity index (χ2n) is 7.23. The summed E-state index contributed by atoms with van der Waals surface area (Å²) in [4.78, 5) is 38.9. The van der Waals surface area contributed by atoms with Gasteiger partial charge >= 0.3 is 6.03 Å². The van der Waals surface area contributed by atoms with Crippen LogP contribution in [0.15, 0.2) is 72.3 Å². The maximum absolute atomic E-state index is 13.1. The maximum Gasteiger partial charge on any atom is 0.335 e. The quantitative estimate of drug-likeness (QED) is 0.372. The second-order valence-corrected chi connectivity index (χ2v) is 8.05. The zero-order valence-electron chi connectivity index (χ0n) is 17.9. The molecule has 1 aliphatic rings. The van der Waals surface area contributed by atoms with Gasteiger partial charge in [0, 0.05) is 11.6 Å². The summed E-state index contributed by atoms with van der Waals surface area (Å²) in [7, 11) is 1.51. The van der Waals surface area contributed by atoms with Gasteiger partial charge in [0.15, 0.2) is 0 Å². The normalized spacial score (nSPS) is 14.9. The Labute approximate surface area is 205 Å². The Balaban J connectivity index is 1.68. The van der Waals surface area contributed by atoms with Crippen LogP contribution in [-0.2, 0) is 16.2 Å². The first-order valence-electron chi connectivity index (χ1n) is 10.1. The summed E-state index contributed by atoms with van der Waals surface area (Å²) in [6.45, 7) is 0.148. The summed E-state index contributed by atoms with van der Waals surface area (Å²) >= 11 is 12.1. The lowest BCUT2D eigenvalue weighted by Crippen LogP contribution is -2.54. The maximum atomic E-state index is 13.1. The van der Waals surface area contributed by atoms with Crippen molar-refractivity contribution in [3.05, 3.63) is 93.5 Å². The Bertz CT molecular complexity index is 1310. The molecule has 4 amide bonds. The molecule has 0 unspecified atom stereocenters. The number of ether oxygens (including phenoxy) is 2. The standard InChI is InChI=1S/C25H18Cl2N2O5/c1-33-18-9-8-16(22(13-18)34-14-15-7-10-20(26)21(27)11-15)12-19-23(30)28-25(32)29(24(19)31)17-5-3-2-4-6-17/h2-13H,14H2,1H3,(H,28,30,32)/b19-12+. The predicted octanol–water partition coefficient (Wildman–Crippen LogP) is 5.25. The van der Waals surface area contributed by atoms with Gasteiger partial charge in [-0.3, -0.25) is 14.9 Å². The number of hydrogen-bond donors (Lipinski definition) is 1. The number of hydrogen-bond acceptors (Lipinski definition) is 5. The Kier molecular flexibility index (Phi) is 6.86. The lowest BCUT2D eigenvalue weighted by atomic mass is 10.1. The van der Waals surface area contributed by atoms with Crippen molar-refractivity contribution in [1.29, 1.82) is 0 Å². The zero-order valence-corrected chi connectivity index (χ0v) is 19.4. The molecule has 0 spiro atoms. The highest BCUT2D eigenvalue weighted by Gasteiger charge is 2.36. The van der Waals surface area contributed by atoms with Gasteiger partial charge in [-0.2, -0.15) is 0 Å². The highest BCUT2D eigenvalue weighted by atomic mass is 35.5. The molecular weight excluding hydrogens is 479 g/mol. The molecule has 1 aliphatic heterocycles. The molecule has 34 heavy (non-hydrogen) atoms. The van der Waals surface area contributed by atoms with Gasteiger partial charge in [-0.05, 0) is 48.0 Å². The third kappa shape index (κ3) is 4.90. The van der Waals surface area contributed by atoms with Crippen molar-refractivity contribution in [2.24, 2.45) is 0 Å². The molecule has 0 atom stereocenters. The fourth-order valence-corrected chi connectivity index (χ4v) is 3.62. The third-order valence-corrected chi connectivity index (χ3v) is 5.75. The summed E-state index contributed by atoms with van der Waals surface area (Å²) in [5.41, 5.74) is 1.34. The van der Waals surface area contributed by atoms with Crippen molar-refractivity contribution in [3.8, 4) is 11.5 Å². The SMILES string of the molecule is COc1ccc(/C=C2\C(=O)NC(=O)N(c3ccccc3)C2=O)c(OCc2ccc(Cl)c(Cl)c2)c1. The number of nitrogens with one attached hydrogen (secondary N) is 1. The van der Waals surface area contributed by atoms with Gasteiger partial charge < -0.3 is 9.47 Å². The van der Waals surface area contributed by atoms with E-state index >= 15 is 0 Å². The van der Waals surface area contributed by atoms with E-state index in [1.54, 1.807) is 66.7 Å². The third-order valence-electron chi connectivity index (χ3n) is 5.01. The van der Waals surface area contributed by atoms with Crippen molar-refractivity contribution >= 4 is 52.8 Å². The number of amides is 4. The average molecular weight is 497 g/mol. The largest absolute Gasteiger partial charge is 0.497 e. The number of anilines is 1. The number of carbonyl (C=O) groups is 3. The minimum Gasteiger partial charge on any atom is -0.497 e.